The summed E-state index contributed by atoms with van der Waals surface area (Å²) in [5.74, 6) is 1.49. The molecule has 0 bridgehead atoms. The van der Waals surface area contributed by atoms with E-state index < -0.39 is 0 Å². The van der Waals surface area contributed by atoms with E-state index in [0.717, 1.165) is 28.4 Å². The van der Waals surface area contributed by atoms with Crippen molar-refractivity contribution in [3.63, 3.8) is 0 Å². The van der Waals surface area contributed by atoms with Gasteiger partial charge in [0.2, 0.25) is 0 Å². The molecule has 1 atom stereocenters. The van der Waals surface area contributed by atoms with Gasteiger partial charge in [0, 0.05) is 32.0 Å². The number of carbonyl (C=O) groups excluding carboxylic acids is 1. The lowest BCUT2D eigenvalue weighted by Gasteiger charge is -2.32. The molecule has 0 unspecified atom stereocenters. The standard InChI is InChI=1S/C20H21N9O/c1-12-8-27(10-17-24-25-18(29(12)17)14-7-23-26(2)9-14)20(30)13-5-16-19(21-6-13)28(11-22-16)15-3-4-15/h5-7,9,11-12,15H,3-4,8,10H2,1-2H3/t12-/m0/s1. The molecule has 0 aromatic carbocycles. The second-order valence-corrected chi connectivity index (χ2v) is 8.20. The first-order valence-corrected chi connectivity index (χ1v) is 10.1. The lowest BCUT2D eigenvalue weighted by atomic mass is 10.1. The number of pyridine rings is 1. The van der Waals surface area contributed by atoms with E-state index >= 15 is 0 Å². The Morgan fingerprint density at radius 3 is 2.80 bits per heavy atom. The van der Waals surface area contributed by atoms with Crippen molar-refractivity contribution in [2.24, 2.45) is 7.05 Å². The van der Waals surface area contributed by atoms with Crippen molar-refractivity contribution >= 4 is 17.1 Å². The molecule has 0 spiro atoms. The van der Waals surface area contributed by atoms with E-state index in [2.05, 4.69) is 41.3 Å². The highest BCUT2D eigenvalue weighted by Gasteiger charge is 2.31. The smallest absolute Gasteiger partial charge is 0.255 e. The van der Waals surface area contributed by atoms with E-state index in [1.165, 1.54) is 12.8 Å². The summed E-state index contributed by atoms with van der Waals surface area (Å²) in [7, 11) is 1.87. The molecule has 5 heterocycles. The van der Waals surface area contributed by atoms with Crippen LogP contribution in [0.4, 0.5) is 0 Å². The molecule has 30 heavy (non-hydrogen) atoms. The van der Waals surface area contributed by atoms with E-state index in [9.17, 15) is 4.79 Å². The summed E-state index contributed by atoms with van der Waals surface area (Å²) in [6.07, 6.45) is 9.53. The van der Waals surface area contributed by atoms with Crippen molar-refractivity contribution in [2.75, 3.05) is 6.54 Å². The largest absolute Gasteiger partial charge is 0.329 e. The van der Waals surface area contributed by atoms with Crippen molar-refractivity contribution in [2.45, 2.75) is 38.4 Å². The second-order valence-electron chi connectivity index (χ2n) is 8.20. The zero-order valence-electron chi connectivity index (χ0n) is 16.8. The average molecular weight is 403 g/mol. The first-order valence-electron chi connectivity index (χ1n) is 10.1. The number of aromatic nitrogens is 8. The normalized spacial score (nSPS) is 18.7. The number of amides is 1. The van der Waals surface area contributed by atoms with Gasteiger partial charge in [-0.05, 0) is 25.8 Å². The molecule has 0 saturated heterocycles. The van der Waals surface area contributed by atoms with Gasteiger partial charge < -0.3 is 14.0 Å². The monoisotopic (exact) mass is 403 g/mol. The van der Waals surface area contributed by atoms with E-state index in [1.54, 1.807) is 17.1 Å². The minimum atomic E-state index is -0.0607. The minimum Gasteiger partial charge on any atom is -0.329 e. The van der Waals surface area contributed by atoms with Crippen LogP contribution in [0.1, 0.15) is 48.0 Å². The quantitative estimate of drug-likeness (QED) is 0.519. The van der Waals surface area contributed by atoms with Crippen LogP contribution in [0.2, 0.25) is 0 Å². The number of aryl methyl sites for hydroxylation is 1. The van der Waals surface area contributed by atoms with Gasteiger partial charge >= 0.3 is 0 Å². The molecular weight excluding hydrogens is 382 g/mol. The fourth-order valence-corrected chi connectivity index (χ4v) is 4.26. The number of fused-ring (bicyclic) bond motifs is 2. The molecule has 0 N–H and O–H groups in total. The molecule has 1 fully saturated rings. The molecule has 2 aliphatic rings. The van der Waals surface area contributed by atoms with Gasteiger partial charge in [-0.1, -0.05) is 0 Å². The minimum absolute atomic E-state index is 0.0497. The fraction of sp³-hybridized carbons (Fsp3) is 0.400. The van der Waals surface area contributed by atoms with Crippen LogP contribution in [0.5, 0.6) is 0 Å². The van der Waals surface area contributed by atoms with Gasteiger partial charge in [0.05, 0.1) is 36.2 Å². The number of hydrogen-bond acceptors (Lipinski definition) is 6. The highest BCUT2D eigenvalue weighted by Crippen LogP contribution is 2.36. The Kier molecular flexibility index (Phi) is 3.59. The van der Waals surface area contributed by atoms with Crippen LogP contribution in [0, 0.1) is 0 Å². The zero-order valence-corrected chi connectivity index (χ0v) is 16.8. The van der Waals surface area contributed by atoms with Crippen molar-refractivity contribution < 1.29 is 4.79 Å². The SMILES string of the molecule is C[C@H]1CN(C(=O)c2cnc3c(c2)ncn3C2CC2)Cc2nnc(-c3cnn(C)c3)n21. The molecule has 10 heteroatoms. The van der Waals surface area contributed by atoms with Crippen LogP contribution in [-0.4, -0.2) is 56.4 Å². The molecule has 1 aliphatic carbocycles. The van der Waals surface area contributed by atoms with Crippen LogP contribution >= 0.6 is 0 Å². The predicted octanol–water partition coefficient (Wildman–Crippen LogP) is 1.98. The molecule has 0 radical (unpaired) electrons. The van der Waals surface area contributed by atoms with Gasteiger partial charge in [0.15, 0.2) is 17.3 Å². The Balaban J connectivity index is 1.29. The number of imidazole rings is 1. The Morgan fingerprint density at radius 1 is 1.17 bits per heavy atom. The van der Waals surface area contributed by atoms with Crippen LogP contribution in [-0.2, 0) is 13.6 Å². The van der Waals surface area contributed by atoms with Crippen molar-refractivity contribution in [3.05, 3.63) is 42.4 Å². The van der Waals surface area contributed by atoms with E-state index in [0.29, 0.717) is 24.7 Å². The Morgan fingerprint density at radius 2 is 2.03 bits per heavy atom. The Labute approximate surface area is 172 Å². The molecule has 4 aromatic heterocycles. The fourth-order valence-electron chi connectivity index (χ4n) is 4.26. The highest BCUT2D eigenvalue weighted by atomic mass is 16.2. The molecule has 1 aliphatic heterocycles. The molecular formula is C20H21N9O. The molecule has 1 amide bonds. The maximum absolute atomic E-state index is 13.2. The Bertz CT molecular complexity index is 1280. The lowest BCUT2D eigenvalue weighted by molar-refractivity contribution is 0.0682. The van der Waals surface area contributed by atoms with E-state index in [4.69, 9.17) is 0 Å². The second kappa shape index (κ2) is 6.22. The number of hydrogen-bond donors (Lipinski definition) is 0. The summed E-state index contributed by atoms with van der Waals surface area (Å²) in [6.45, 7) is 3.06. The van der Waals surface area contributed by atoms with Crippen LogP contribution in [0.15, 0.2) is 31.0 Å². The van der Waals surface area contributed by atoms with Gasteiger partial charge in [-0.3, -0.25) is 9.48 Å². The number of carbonyl (C=O) groups is 1. The van der Waals surface area contributed by atoms with Gasteiger partial charge in [-0.15, -0.1) is 10.2 Å². The van der Waals surface area contributed by atoms with Gasteiger partial charge in [-0.2, -0.15) is 5.10 Å². The van der Waals surface area contributed by atoms with Crippen molar-refractivity contribution in [1.82, 2.24) is 44.0 Å². The van der Waals surface area contributed by atoms with E-state index in [-0.39, 0.29) is 11.9 Å². The lowest BCUT2D eigenvalue weighted by Crippen LogP contribution is -2.40. The number of nitrogens with zero attached hydrogens (tertiary/aromatic N) is 9. The molecule has 1 saturated carbocycles. The van der Waals surface area contributed by atoms with Crippen LogP contribution < -0.4 is 0 Å². The summed E-state index contributed by atoms with van der Waals surface area (Å²) in [4.78, 5) is 24.0. The Hall–Kier alpha value is -3.56. The van der Waals surface area contributed by atoms with Gasteiger partial charge in [0.25, 0.3) is 5.91 Å². The topological polar surface area (TPSA) is 99.6 Å². The maximum Gasteiger partial charge on any atom is 0.255 e. The molecule has 152 valence electrons. The first kappa shape index (κ1) is 17.3. The molecule has 6 rings (SSSR count). The van der Waals surface area contributed by atoms with E-state index in [1.807, 2.05) is 30.5 Å². The van der Waals surface area contributed by atoms with Gasteiger partial charge in [-0.25, -0.2) is 9.97 Å². The highest BCUT2D eigenvalue weighted by molar-refractivity contribution is 5.96. The summed E-state index contributed by atoms with van der Waals surface area (Å²) >= 11 is 0. The predicted molar refractivity (Wildman–Crippen MR) is 107 cm³/mol. The summed E-state index contributed by atoms with van der Waals surface area (Å²) in [5, 5.41) is 12.9. The average Bonchev–Trinajstić information content (AvgIpc) is 3.15. The first-order chi connectivity index (χ1) is 14.6. The third-order valence-electron chi connectivity index (χ3n) is 5.87. The van der Waals surface area contributed by atoms with Crippen molar-refractivity contribution in [1.29, 1.82) is 0 Å². The van der Waals surface area contributed by atoms with Gasteiger partial charge in [0.1, 0.15) is 5.52 Å². The van der Waals surface area contributed by atoms with Crippen LogP contribution in [0.3, 0.4) is 0 Å². The summed E-state index contributed by atoms with van der Waals surface area (Å²) in [5.41, 5.74) is 3.08. The number of rotatable bonds is 3. The third-order valence-corrected chi connectivity index (χ3v) is 5.87. The maximum atomic E-state index is 13.2. The third kappa shape index (κ3) is 2.63. The van der Waals surface area contributed by atoms with Crippen LogP contribution in [0.25, 0.3) is 22.6 Å². The molecule has 4 aromatic rings. The van der Waals surface area contributed by atoms with Crippen molar-refractivity contribution in [3.8, 4) is 11.4 Å². The summed E-state index contributed by atoms with van der Waals surface area (Å²) in [6, 6.07) is 2.40. The summed E-state index contributed by atoms with van der Waals surface area (Å²) < 4.78 is 5.95. The molecule has 10 nitrogen and oxygen atoms in total. The zero-order chi connectivity index (χ0) is 20.4.